The van der Waals surface area contributed by atoms with Gasteiger partial charge in [-0.15, -0.1) is 0 Å². The van der Waals surface area contributed by atoms with Crippen LogP contribution >= 0.6 is 11.8 Å². The predicted octanol–water partition coefficient (Wildman–Crippen LogP) is 3.69. The highest BCUT2D eigenvalue weighted by Gasteiger charge is 2.23. The Labute approximate surface area is 99.8 Å². The van der Waals surface area contributed by atoms with Gasteiger partial charge in [0.15, 0.2) is 0 Å². The summed E-state index contributed by atoms with van der Waals surface area (Å²) in [6, 6.07) is 0.779. The van der Waals surface area contributed by atoms with Gasteiger partial charge in [0, 0.05) is 17.8 Å². The Hall–Kier alpha value is 0.310. The quantitative estimate of drug-likeness (QED) is 0.738. The molecule has 0 saturated heterocycles. The fraction of sp³-hybridized carbons (Fsp3) is 1.00. The molecular formula is C13H27NS. The summed E-state index contributed by atoms with van der Waals surface area (Å²) >= 11 is 1.96. The molecule has 2 atom stereocenters. The van der Waals surface area contributed by atoms with Crippen molar-refractivity contribution in [3.63, 3.8) is 0 Å². The van der Waals surface area contributed by atoms with Gasteiger partial charge in [-0.3, -0.25) is 0 Å². The minimum atomic E-state index is 0.585. The smallest absolute Gasteiger partial charge is 0.0141 e. The molecule has 1 saturated carbocycles. The molecular weight excluding hydrogens is 202 g/mol. The molecule has 90 valence electrons. The van der Waals surface area contributed by atoms with Crippen molar-refractivity contribution in [2.24, 2.45) is 5.41 Å². The molecule has 15 heavy (non-hydrogen) atoms. The minimum Gasteiger partial charge on any atom is -0.313 e. The SMILES string of the molecule is CSC(C)CNC1CCCC(C)(C)CC1. The third kappa shape index (κ3) is 5.26. The molecule has 0 spiro atoms. The van der Waals surface area contributed by atoms with Crippen LogP contribution in [0.4, 0.5) is 0 Å². The van der Waals surface area contributed by atoms with Crippen molar-refractivity contribution < 1.29 is 0 Å². The first kappa shape index (κ1) is 13.4. The van der Waals surface area contributed by atoms with E-state index in [1.165, 1.54) is 38.6 Å². The average Bonchev–Trinajstić information content (AvgIpc) is 2.36. The van der Waals surface area contributed by atoms with Crippen LogP contribution < -0.4 is 5.32 Å². The Morgan fingerprint density at radius 1 is 1.33 bits per heavy atom. The summed E-state index contributed by atoms with van der Waals surface area (Å²) in [4.78, 5) is 0. The lowest BCUT2D eigenvalue weighted by molar-refractivity contribution is 0.310. The molecule has 1 nitrogen and oxygen atoms in total. The molecule has 1 aliphatic carbocycles. The van der Waals surface area contributed by atoms with E-state index < -0.39 is 0 Å². The monoisotopic (exact) mass is 229 g/mol. The van der Waals surface area contributed by atoms with Crippen LogP contribution in [0.2, 0.25) is 0 Å². The second-order valence-corrected chi connectivity index (χ2v) is 7.02. The van der Waals surface area contributed by atoms with Crippen LogP contribution in [0.25, 0.3) is 0 Å². The molecule has 1 aliphatic rings. The minimum absolute atomic E-state index is 0.585. The van der Waals surface area contributed by atoms with Crippen molar-refractivity contribution in [1.29, 1.82) is 0 Å². The summed E-state index contributed by atoms with van der Waals surface area (Å²) in [6.07, 6.45) is 9.14. The molecule has 1 rings (SSSR count). The van der Waals surface area contributed by atoms with Crippen LogP contribution in [0.5, 0.6) is 0 Å². The molecule has 0 heterocycles. The van der Waals surface area contributed by atoms with E-state index in [1.807, 2.05) is 11.8 Å². The zero-order valence-corrected chi connectivity index (χ0v) is 11.6. The van der Waals surface area contributed by atoms with Gasteiger partial charge in [0.1, 0.15) is 0 Å². The molecule has 0 bridgehead atoms. The van der Waals surface area contributed by atoms with Crippen LogP contribution in [-0.4, -0.2) is 24.1 Å². The van der Waals surface area contributed by atoms with Gasteiger partial charge in [-0.25, -0.2) is 0 Å². The summed E-state index contributed by atoms with van der Waals surface area (Å²) in [5.74, 6) is 0. The molecule has 2 heteroatoms. The van der Waals surface area contributed by atoms with Crippen LogP contribution in [-0.2, 0) is 0 Å². The standard InChI is InChI=1S/C13H27NS/c1-11(15-4)10-14-12-6-5-8-13(2,3)9-7-12/h11-12,14H,5-10H2,1-4H3. The highest BCUT2D eigenvalue weighted by atomic mass is 32.2. The van der Waals surface area contributed by atoms with E-state index in [1.54, 1.807) is 0 Å². The Kier molecular flexibility index (Phi) is 5.48. The molecule has 1 N–H and O–H groups in total. The van der Waals surface area contributed by atoms with Crippen LogP contribution in [0.3, 0.4) is 0 Å². The van der Waals surface area contributed by atoms with Gasteiger partial charge >= 0.3 is 0 Å². The topological polar surface area (TPSA) is 12.0 Å². The van der Waals surface area contributed by atoms with Gasteiger partial charge in [-0.2, -0.15) is 11.8 Å². The second-order valence-electron chi connectivity index (χ2n) is 5.75. The largest absolute Gasteiger partial charge is 0.313 e. The van der Waals surface area contributed by atoms with Crippen LogP contribution in [0.15, 0.2) is 0 Å². The number of hydrogen-bond acceptors (Lipinski definition) is 2. The third-order valence-corrected chi connectivity index (χ3v) is 4.64. The van der Waals surface area contributed by atoms with E-state index in [0.717, 1.165) is 11.3 Å². The molecule has 0 amide bonds. The van der Waals surface area contributed by atoms with Crippen molar-refractivity contribution in [3.05, 3.63) is 0 Å². The second kappa shape index (κ2) is 6.15. The third-order valence-electron chi connectivity index (χ3n) is 3.67. The zero-order valence-electron chi connectivity index (χ0n) is 10.8. The maximum Gasteiger partial charge on any atom is 0.0141 e. The van der Waals surface area contributed by atoms with Gasteiger partial charge in [-0.05, 0) is 37.4 Å². The average molecular weight is 229 g/mol. The van der Waals surface area contributed by atoms with Gasteiger partial charge in [0.25, 0.3) is 0 Å². The molecule has 0 aromatic rings. The number of hydrogen-bond donors (Lipinski definition) is 1. The van der Waals surface area contributed by atoms with E-state index in [4.69, 9.17) is 0 Å². The summed E-state index contributed by atoms with van der Waals surface area (Å²) in [7, 11) is 0. The van der Waals surface area contributed by atoms with Gasteiger partial charge in [0.05, 0.1) is 0 Å². The Morgan fingerprint density at radius 3 is 2.73 bits per heavy atom. The molecule has 0 radical (unpaired) electrons. The van der Waals surface area contributed by atoms with Crippen molar-refractivity contribution in [3.8, 4) is 0 Å². The molecule has 0 aromatic carbocycles. The molecule has 0 aliphatic heterocycles. The summed E-state index contributed by atoms with van der Waals surface area (Å²) in [6.45, 7) is 8.31. The molecule has 2 unspecified atom stereocenters. The highest BCUT2D eigenvalue weighted by molar-refractivity contribution is 7.99. The normalized spacial score (nSPS) is 28.4. The number of nitrogens with one attached hydrogen (secondary N) is 1. The maximum atomic E-state index is 3.73. The van der Waals surface area contributed by atoms with E-state index in [-0.39, 0.29) is 0 Å². The number of thioether (sulfide) groups is 1. The first-order valence-electron chi connectivity index (χ1n) is 6.30. The summed E-state index contributed by atoms with van der Waals surface area (Å²) < 4.78 is 0. The molecule has 0 aromatic heterocycles. The van der Waals surface area contributed by atoms with E-state index in [0.29, 0.717) is 5.41 Å². The van der Waals surface area contributed by atoms with Crippen molar-refractivity contribution in [2.75, 3.05) is 12.8 Å². The fourth-order valence-corrected chi connectivity index (χ4v) is 2.54. The number of rotatable bonds is 4. The Balaban J connectivity index is 2.26. The van der Waals surface area contributed by atoms with E-state index >= 15 is 0 Å². The maximum absolute atomic E-state index is 3.73. The van der Waals surface area contributed by atoms with E-state index in [9.17, 15) is 0 Å². The Morgan fingerprint density at radius 2 is 2.07 bits per heavy atom. The lowest BCUT2D eigenvalue weighted by atomic mass is 9.85. The first-order valence-corrected chi connectivity index (χ1v) is 7.58. The van der Waals surface area contributed by atoms with Gasteiger partial charge < -0.3 is 5.32 Å². The van der Waals surface area contributed by atoms with Gasteiger partial charge in [0.2, 0.25) is 0 Å². The fourth-order valence-electron chi connectivity index (χ4n) is 2.28. The zero-order chi connectivity index (χ0) is 11.3. The van der Waals surface area contributed by atoms with Crippen molar-refractivity contribution in [2.45, 2.75) is 64.2 Å². The lowest BCUT2D eigenvalue weighted by Gasteiger charge is -2.22. The van der Waals surface area contributed by atoms with Crippen molar-refractivity contribution >= 4 is 11.8 Å². The Bertz CT molecular complexity index is 179. The van der Waals surface area contributed by atoms with E-state index in [2.05, 4.69) is 32.3 Å². The lowest BCUT2D eigenvalue weighted by Crippen LogP contribution is -2.33. The molecule has 1 fully saturated rings. The van der Waals surface area contributed by atoms with Gasteiger partial charge in [-0.1, -0.05) is 27.2 Å². The first-order chi connectivity index (χ1) is 7.03. The predicted molar refractivity (Wildman–Crippen MR) is 71.6 cm³/mol. The van der Waals surface area contributed by atoms with Crippen LogP contribution in [0.1, 0.15) is 52.9 Å². The summed E-state index contributed by atoms with van der Waals surface area (Å²) in [5, 5.41) is 4.48. The highest BCUT2D eigenvalue weighted by Crippen LogP contribution is 2.33. The van der Waals surface area contributed by atoms with Crippen molar-refractivity contribution in [1.82, 2.24) is 5.32 Å². The van der Waals surface area contributed by atoms with Crippen LogP contribution in [0, 0.1) is 5.41 Å². The summed E-state index contributed by atoms with van der Waals surface area (Å²) in [5.41, 5.74) is 0.585.